The predicted octanol–water partition coefficient (Wildman–Crippen LogP) is 2.38. The van der Waals surface area contributed by atoms with Gasteiger partial charge < -0.3 is 16.3 Å². The third kappa shape index (κ3) is 3.25. The summed E-state index contributed by atoms with van der Waals surface area (Å²) in [5.41, 5.74) is 5.25. The van der Waals surface area contributed by atoms with Crippen LogP contribution in [0.25, 0.3) is 0 Å². The lowest BCUT2D eigenvalue weighted by molar-refractivity contribution is -0.127. The number of amidine groups is 1. The Labute approximate surface area is 121 Å². The zero-order valence-corrected chi connectivity index (χ0v) is 12.4. The monoisotopic (exact) mass is 281 g/mol. The molecule has 5 heteroatoms. The fourth-order valence-corrected chi connectivity index (χ4v) is 3.56. The zero-order chi connectivity index (χ0) is 14.6. The van der Waals surface area contributed by atoms with Crippen molar-refractivity contribution in [3.05, 3.63) is 0 Å². The fourth-order valence-electron chi connectivity index (χ4n) is 3.56. The molecule has 0 unspecified atom stereocenters. The van der Waals surface area contributed by atoms with E-state index in [4.69, 9.17) is 10.9 Å². The second-order valence-electron chi connectivity index (χ2n) is 6.57. The van der Waals surface area contributed by atoms with Gasteiger partial charge in [0.1, 0.15) is 5.54 Å². The Morgan fingerprint density at radius 3 is 2.35 bits per heavy atom. The molecule has 0 heterocycles. The van der Waals surface area contributed by atoms with Crippen LogP contribution in [0.4, 0.5) is 0 Å². The summed E-state index contributed by atoms with van der Waals surface area (Å²) in [7, 11) is 0. The Morgan fingerprint density at radius 1 is 1.20 bits per heavy atom. The molecule has 20 heavy (non-hydrogen) atoms. The molecule has 5 nitrogen and oxygen atoms in total. The van der Waals surface area contributed by atoms with Crippen LogP contribution in [0.15, 0.2) is 5.16 Å². The van der Waals surface area contributed by atoms with Crippen molar-refractivity contribution >= 4 is 11.7 Å². The van der Waals surface area contributed by atoms with E-state index >= 15 is 0 Å². The average molecular weight is 281 g/mol. The van der Waals surface area contributed by atoms with Gasteiger partial charge in [-0.15, -0.1) is 0 Å². The summed E-state index contributed by atoms with van der Waals surface area (Å²) < 4.78 is 0. The molecule has 2 fully saturated rings. The van der Waals surface area contributed by atoms with Gasteiger partial charge in [-0.25, -0.2) is 0 Å². The topological polar surface area (TPSA) is 87.7 Å². The van der Waals surface area contributed by atoms with Gasteiger partial charge in [0.2, 0.25) is 5.91 Å². The Hall–Kier alpha value is -1.26. The first-order chi connectivity index (χ1) is 9.57. The molecule has 0 aliphatic heterocycles. The minimum atomic E-state index is -0.618. The maximum Gasteiger partial charge on any atom is 0.223 e. The van der Waals surface area contributed by atoms with E-state index < -0.39 is 5.54 Å². The highest BCUT2D eigenvalue weighted by Gasteiger charge is 2.39. The molecule has 4 N–H and O–H groups in total. The molecule has 0 bridgehead atoms. The molecule has 2 rings (SSSR count). The molecule has 0 radical (unpaired) electrons. The number of nitrogens with two attached hydrogens (primary N) is 1. The van der Waals surface area contributed by atoms with Crippen molar-refractivity contribution in [2.24, 2.45) is 22.7 Å². The van der Waals surface area contributed by atoms with Crippen molar-refractivity contribution in [1.82, 2.24) is 5.32 Å². The van der Waals surface area contributed by atoms with Crippen molar-refractivity contribution < 1.29 is 10.0 Å². The van der Waals surface area contributed by atoms with Crippen LogP contribution in [0, 0.1) is 11.8 Å². The van der Waals surface area contributed by atoms with Crippen LogP contribution in [0.1, 0.15) is 64.7 Å². The van der Waals surface area contributed by atoms with Crippen molar-refractivity contribution in [3.8, 4) is 0 Å². The number of rotatable bonds is 3. The Kier molecular flexibility index (Phi) is 4.89. The lowest BCUT2D eigenvalue weighted by atomic mass is 9.78. The number of amides is 1. The summed E-state index contributed by atoms with van der Waals surface area (Å²) in [5.74, 6) is 1.07. The third-order valence-electron chi connectivity index (χ3n) is 5.05. The quantitative estimate of drug-likeness (QED) is 0.321. The summed E-state index contributed by atoms with van der Waals surface area (Å²) in [6.07, 6.45) is 8.88. The molecule has 0 aromatic heterocycles. The number of nitrogens with one attached hydrogen (secondary N) is 1. The van der Waals surface area contributed by atoms with Crippen LogP contribution >= 0.6 is 0 Å². The van der Waals surface area contributed by atoms with Gasteiger partial charge in [-0.3, -0.25) is 4.79 Å². The van der Waals surface area contributed by atoms with Gasteiger partial charge in [-0.05, 0) is 44.4 Å². The van der Waals surface area contributed by atoms with E-state index in [1.807, 2.05) is 0 Å². The molecule has 2 saturated carbocycles. The van der Waals surface area contributed by atoms with E-state index in [1.165, 1.54) is 0 Å². The second kappa shape index (κ2) is 6.46. The van der Waals surface area contributed by atoms with E-state index in [-0.39, 0.29) is 17.7 Å². The van der Waals surface area contributed by atoms with Gasteiger partial charge in [0.15, 0.2) is 5.84 Å². The third-order valence-corrected chi connectivity index (χ3v) is 5.05. The summed E-state index contributed by atoms with van der Waals surface area (Å²) in [6.45, 7) is 2.24. The maximum absolute atomic E-state index is 12.5. The summed E-state index contributed by atoms with van der Waals surface area (Å²) >= 11 is 0. The first-order valence-corrected chi connectivity index (χ1v) is 7.87. The summed E-state index contributed by atoms with van der Waals surface area (Å²) in [6, 6.07) is 0. The molecule has 0 aromatic rings. The highest BCUT2D eigenvalue weighted by Crippen LogP contribution is 2.32. The van der Waals surface area contributed by atoms with E-state index in [9.17, 15) is 4.79 Å². The molecule has 2 aliphatic rings. The van der Waals surface area contributed by atoms with Gasteiger partial charge in [-0.1, -0.05) is 31.3 Å². The smallest absolute Gasteiger partial charge is 0.223 e. The molecule has 0 atom stereocenters. The molecule has 0 aromatic carbocycles. The summed E-state index contributed by atoms with van der Waals surface area (Å²) in [5, 5.41) is 15.3. The highest BCUT2D eigenvalue weighted by atomic mass is 16.4. The number of carbonyl (C=O) groups excluding carboxylic acids is 1. The number of carbonyl (C=O) groups is 1. The molecule has 1 amide bonds. The van der Waals surface area contributed by atoms with Gasteiger partial charge in [0.05, 0.1) is 0 Å². The van der Waals surface area contributed by atoms with Crippen LogP contribution in [0.3, 0.4) is 0 Å². The van der Waals surface area contributed by atoms with Gasteiger partial charge >= 0.3 is 0 Å². The minimum Gasteiger partial charge on any atom is -0.409 e. The van der Waals surface area contributed by atoms with Crippen LogP contribution in [-0.2, 0) is 4.79 Å². The minimum absolute atomic E-state index is 0.0883. The van der Waals surface area contributed by atoms with Crippen LogP contribution in [0.5, 0.6) is 0 Å². The molecule has 2 aliphatic carbocycles. The molecule has 0 saturated heterocycles. The van der Waals surface area contributed by atoms with E-state index in [2.05, 4.69) is 17.4 Å². The molecule has 114 valence electrons. The van der Waals surface area contributed by atoms with Crippen molar-refractivity contribution in [3.63, 3.8) is 0 Å². The zero-order valence-electron chi connectivity index (χ0n) is 12.4. The van der Waals surface area contributed by atoms with Crippen molar-refractivity contribution in [2.75, 3.05) is 0 Å². The van der Waals surface area contributed by atoms with Crippen LogP contribution in [-0.4, -0.2) is 22.5 Å². The lowest BCUT2D eigenvalue weighted by Crippen LogP contribution is -2.59. The van der Waals surface area contributed by atoms with Gasteiger partial charge in [-0.2, -0.15) is 0 Å². The lowest BCUT2D eigenvalue weighted by Gasteiger charge is -2.38. The Balaban J connectivity index is 2.02. The number of hydrogen-bond acceptors (Lipinski definition) is 3. The second-order valence-corrected chi connectivity index (χ2v) is 6.57. The predicted molar refractivity (Wildman–Crippen MR) is 78.5 cm³/mol. The van der Waals surface area contributed by atoms with E-state index in [0.717, 1.165) is 63.7 Å². The highest BCUT2D eigenvalue weighted by molar-refractivity contribution is 5.94. The fraction of sp³-hybridized carbons (Fsp3) is 0.867. The normalized spacial score (nSPS) is 30.8. The first-order valence-electron chi connectivity index (χ1n) is 7.87. The van der Waals surface area contributed by atoms with Crippen molar-refractivity contribution in [1.29, 1.82) is 0 Å². The number of hydrogen-bond donors (Lipinski definition) is 3. The van der Waals surface area contributed by atoms with Gasteiger partial charge in [0, 0.05) is 5.92 Å². The van der Waals surface area contributed by atoms with Gasteiger partial charge in [0.25, 0.3) is 0 Å². The summed E-state index contributed by atoms with van der Waals surface area (Å²) in [4.78, 5) is 12.5. The standard InChI is InChI=1S/C15H27N3O2/c1-11-5-7-12(8-6-11)13(19)17-15(14(16)18-20)9-3-2-4-10-15/h11-12,20H,2-10H2,1H3,(H2,16,18)(H,17,19). The first kappa shape index (κ1) is 15.1. The molecule has 0 spiro atoms. The van der Waals surface area contributed by atoms with Crippen molar-refractivity contribution in [2.45, 2.75) is 70.3 Å². The van der Waals surface area contributed by atoms with Crippen LogP contribution in [0.2, 0.25) is 0 Å². The SMILES string of the molecule is CC1CCC(C(=O)NC2(C(N)=NO)CCCCC2)CC1. The van der Waals surface area contributed by atoms with Crippen LogP contribution < -0.4 is 11.1 Å². The van der Waals surface area contributed by atoms with E-state index in [1.54, 1.807) is 0 Å². The number of oxime groups is 1. The maximum atomic E-state index is 12.5. The number of nitrogens with zero attached hydrogens (tertiary/aromatic N) is 1. The van der Waals surface area contributed by atoms with E-state index in [0.29, 0.717) is 0 Å². The molecular weight excluding hydrogens is 254 g/mol. The molecular formula is C15H27N3O2. The average Bonchev–Trinajstić information content (AvgIpc) is 2.48. The largest absolute Gasteiger partial charge is 0.409 e. The Bertz CT molecular complexity index is 367. The Morgan fingerprint density at radius 2 is 1.80 bits per heavy atom.